The monoisotopic (exact) mass is 306 g/mol. The Kier molecular flexibility index (Phi) is 3.44. The first-order valence-corrected chi connectivity index (χ1v) is 6.60. The Morgan fingerprint density at radius 1 is 1.00 bits per heavy atom. The number of anilines is 1. The van der Waals surface area contributed by atoms with Gasteiger partial charge < -0.3 is 15.0 Å². The molecule has 0 bridgehead atoms. The highest BCUT2D eigenvalue weighted by molar-refractivity contribution is 5.83. The van der Waals surface area contributed by atoms with E-state index in [1.54, 1.807) is 12.1 Å². The van der Waals surface area contributed by atoms with Crippen molar-refractivity contribution in [3.05, 3.63) is 60.3 Å². The lowest BCUT2D eigenvalue weighted by atomic mass is 10.2. The summed E-state index contributed by atoms with van der Waals surface area (Å²) in [4.78, 5) is 0. The van der Waals surface area contributed by atoms with Crippen LogP contribution in [0.2, 0.25) is 0 Å². The third-order valence-electron chi connectivity index (χ3n) is 3.30. The predicted molar refractivity (Wildman–Crippen MR) is 78.6 cm³/mol. The number of nitrogen functional groups attached to an aromatic ring is 1. The zero-order chi connectivity index (χ0) is 15.7. The quantitative estimate of drug-likeness (QED) is 0.738. The molecule has 0 spiro atoms. The number of halogens is 3. The van der Waals surface area contributed by atoms with Gasteiger partial charge in [-0.25, -0.2) is 0 Å². The zero-order valence-electron chi connectivity index (χ0n) is 11.5. The number of alkyl halides is 3. The Bertz CT molecular complexity index is 791. The summed E-state index contributed by atoms with van der Waals surface area (Å²) in [5.41, 5.74) is 8.33. The van der Waals surface area contributed by atoms with Gasteiger partial charge in [0, 0.05) is 29.3 Å². The fourth-order valence-corrected chi connectivity index (χ4v) is 2.35. The highest BCUT2D eigenvalue weighted by Crippen LogP contribution is 2.24. The molecular weight excluding hydrogens is 293 g/mol. The Balaban J connectivity index is 1.80. The van der Waals surface area contributed by atoms with E-state index >= 15 is 0 Å². The zero-order valence-corrected chi connectivity index (χ0v) is 11.5. The number of ether oxygens (including phenoxy) is 1. The van der Waals surface area contributed by atoms with E-state index in [0.29, 0.717) is 12.2 Å². The fraction of sp³-hybridized carbons (Fsp3) is 0.125. The average Bonchev–Trinajstić information content (AvgIpc) is 2.81. The Morgan fingerprint density at radius 2 is 1.73 bits per heavy atom. The van der Waals surface area contributed by atoms with Crippen molar-refractivity contribution in [2.24, 2.45) is 0 Å². The van der Waals surface area contributed by atoms with Gasteiger partial charge in [-0.15, -0.1) is 13.2 Å². The fourth-order valence-electron chi connectivity index (χ4n) is 2.35. The molecule has 3 nitrogen and oxygen atoms in total. The van der Waals surface area contributed by atoms with Gasteiger partial charge in [0.2, 0.25) is 0 Å². The van der Waals surface area contributed by atoms with E-state index in [9.17, 15) is 13.2 Å². The molecule has 2 aromatic carbocycles. The maximum absolute atomic E-state index is 12.1. The smallest absolute Gasteiger partial charge is 0.406 e. The summed E-state index contributed by atoms with van der Waals surface area (Å²) < 4.78 is 42.2. The number of rotatable bonds is 3. The first-order valence-electron chi connectivity index (χ1n) is 6.60. The van der Waals surface area contributed by atoms with Crippen molar-refractivity contribution >= 4 is 16.6 Å². The van der Waals surface area contributed by atoms with Gasteiger partial charge in [0.25, 0.3) is 0 Å². The van der Waals surface area contributed by atoms with E-state index in [4.69, 9.17) is 5.73 Å². The minimum absolute atomic E-state index is 0.221. The first-order chi connectivity index (χ1) is 10.4. The van der Waals surface area contributed by atoms with E-state index in [1.165, 1.54) is 12.1 Å². The van der Waals surface area contributed by atoms with Gasteiger partial charge in [0.05, 0.1) is 0 Å². The van der Waals surface area contributed by atoms with Crippen molar-refractivity contribution in [3.8, 4) is 5.75 Å². The van der Waals surface area contributed by atoms with Crippen molar-refractivity contribution in [1.29, 1.82) is 0 Å². The van der Waals surface area contributed by atoms with Gasteiger partial charge in [0.15, 0.2) is 0 Å². The summed E-state index contributed by atoms with van der Waals surface area (Å²) in [6, 6.07) is 13.4. The number of hydrogen-bond donors (Lipinski definition) is 1. The summed E-state index contributed by atoms with van der Waals surface area (Å²) in [6.45, 7) is 0.555. The van der Waals surface area contributed by atoms with Crippen molar-refractivity contribution in [3.63, 3.8) is 0 Å². The van der Waals surface area contributed by atoms with Crippen LogP contribution in [0.4, 0.5) is 18.9 Å². The molecule has 0 radical (unpaired) electrons. The minimum atomic E-state index is -4.67. The summed E-state index contributed by atoms with van der Waals surface area (Å²) in [7, 11) is 0. The van der Waals surface area contributed by atoms with Crippen LogP contribution in [-0.4, -0.2) is 10.9 Å². The molecular formula is C16H13F3N2O. The van der Waals surface area contributed by atoms with E-state index < -0.39 is 6.36 Å². The van der Waals surface area contributed by atoms with Crippen LogP contribution < -0.4 is 10.5 Å². The number of nitrogens with two attached hydrogens (primary N) is 1. The van der Waals surface area contributed by atoms with Crippen LogP contribution >= 0.6 is 0 Å². The molecule has 3 aromatic rings. The second-order valence-electron chi connectivity index (χ2n) is 4.95. The average molecular weight is 306 g/mol. The second kappa shape index (κ2) is 5.29. The molecule has 2 N–H and O–H groups in total. The normalized spacial score (nSPS) is 11.8. The van der Waals surface area contributed by atoms with Gasteiger partial charge in [-0.2, -0.15) is 0 Å². The highest BCUT2D eigenvalue weighted by atomic mass is 19.4. The standard InChI is InChI=1S/C16H13F3N2O/c17-16(18,19)22-14-4-1-11(2-5-14)10-21-8-7-12-9-13(20)3-6-15(12)21/h1-9H,10,20H2. The molecule has 1 heterocycles. The lowest BCUT2D eigenvalue weighted by Gasteiger charge is -2.10. The van der Waals surface area contributed by atoms with Gasteiger partial charge in [-0.05, 0) is 42.0 Å². The minimum Gasteiger partial charge on any atom is -0.406 e. The third kappa shape index (κ3) is 3.16. The van der Waals surface area contributed by atoms with Crippen LogP contribution in [0.5, 0.6) is 5.75 Å². The molecule has 22 heavy (non-hydrogen) atoms. The number of fused-ring (bicyclic) bond motifs is 1. The number of benzene rings is 2. The lowest BCUT2D eigenvalue weighted by molar-refractivity contribution is -0.274. The molecule has 3 rings (SSSR count). The molecule has 0 amide bonds. The summed E-state index contributed by atoms with van der Waals surface area (Å²) in [5, 5.41) is 1.03. The second-order valence-corrected chi connectivity index (χ2v) is 4.95. The van der Waals surface area contributed by atoms with Crippen LogP contribution in [-0.2, 0) is 6.54 Å². The molecule has 0 aliphatic heterocycles. The first kappa shape index (κ1) is 14.3. The summed E-state index contributed by atoms with van der Waals surface area (Å²) in [6.07, 6.45) is -2.75. The van der Waals surface area contributed by atoms with E-state index in [-0.39, 0.29) is 5.75 Å². The van der Waals surface area contributed by atoms with Gasteiger partial charge >= 0.3 is 6.36 Å². The largest absolute Gasteiger partial charge is 0.573 e. The molecule has 0 atom stereocenters. The van der Waals surface area contributed by atoms with Crippen LogP contribution in [0, 0.1) is 0 Å². The predicted octanol–water partition coefficient (Wildman–Crippen LogP) is 4.17. The van der Waals surface area contributed by atoms with E-state index in [0.717, 1.165) is 16.5 Å². The molecule has 114 valence electrons. The molecule has 6 heteroatoms. The molecule has 0 saturated carbocycles. The van der Waals surface area contributed by atoms with Gasteiger partial charge in [0.1, 0.15) is 5.75 Å². The Labute approximate surface area is 124 Å². The van der Waals surface area contributed by atoms with Gasteiger partial charge in [-0.3, -0.25) is 0 Å². The van der Waals surface area contributed by atoms with E-state index in [1.807, 2.05) is 35.0 Å². The summed E-state index contributed by atoms with van der Waals surface area (Å²) in [5.74, 6) is -0.221. The number of hydrogen-bond acceptors (Lipinski definition) is 2. The van der Waals surface area contributed by atoms with Crippen LogP contribution in [0.25, 0.3) is 10.9 Å². The number of nitrogens with zero attached hydrogens (tertiary/aromatic N) is 1. The van der Waals surface area contributed by atoms with E-state index in [2.05, 4.69) is 4.74 Å². The van der Waals surface area contributed by atoms with Gasteiger partial charge in [-0.1, -0.05) is 12.1 Å². The van der Waals surface area contributed by atoms with Crippen molar-refractivity contribution in [2.75, 3.05) is 5.73 Å². The molecule has 1 aromatic heterocycles. The molecule has 0 aliphatic carbocycles. The third-order valence-corrected chi connectivity index (χ3v) is 3.30. The maximum Gasteiger partial charge on any atom is 0.573 e. The van der Waals surface area contributed by atoms with Crippen molar-refractivity contribution in [1.82, 2.24) is 4.57 Å². The Morgan fingerprint density at radius 3 is 2.41 bits per heavy atom. The van der Waals surface area contributed by atoms with Crippen LogP contribution in [0.1, 0.15) is 5.56 Å². The lowest BCUT2D eigenvalue weighted by Crippen LogP contribution is -2.17. The number of aromatic nitrogens is 1. The van der Waals surface area contributed by atoms with Crippen molar-refractivity contribution < 1.29 is 17.9 Å². The molecule has 0 fully saturated rings. The topological polar surface area (TPSA) is 40.2 Å². The van der Waals surface area contributed by atoms with Crippen LogP contribution in [0.15, 0.2) is 54.7 Å². The Hall–Kier alpha value is -2.63. The SMILES string of the molecule is Nc1ccc2c(ccn2Cc2ccc(OC(F)(F)F)cc2)c1. The molecule has 0 aliphatic rings. The maximum atomic E-state index is 12.1. The molecule has 0 unspecified atom stereocenters. The molecule has 0 saturated heterocycles. The highest BCUT2D eigenvalue weighted by Gasteiger charge is 2.30. The summed E-state index contributed by atoms with van der Waals surface area (Å²) >= 11 is 0. The van der Waals surface area contributed by atoms with Crippen molar-refractivity contribution in [2.45, 2.75) is 12.9 Å². The van der Waals surface area contributed by atoms with Crippen LogP contribution in [0.3, 0.4) is 0 Å².